The van der Waals surface area contributed by atoms with Crippen LogP contribution in [0.15, 0.2) is 18.2 Å². The quantitative estimate of drug-likeness (QED) is 0.885. The average molecular weight is 302 g/mol. The molecule has 1 aromatic carbocycles. The number of rotatable bonds is 4. The molecule has 110 valence electrons. The molecule has 1 fully saturated rings. The van der Waals surface area contributed by atoms with Crippen LogP contribution in [-0.2, 0) is 10.2 Å². The fourth-order valence-corrected chi connectivity index (χ4v) is 3.36. The van der Waals surface area contributed by atoms with E-state index in [2.05, 4.69) is 4.72 Å². The Labute approximate surface area is 116 Å². The summed E-state index contributed by atoms with van der Waals surface area (Å²) in [6.07, 6.45) is 2.59. The van der Waals surface area contributed by atoms with E-state index in [0.717, 1.165) is 31.4 Å². The van der Waals surface area contributed by atoms with Crippen LogP contribution in [0.3, 0.4) is 0 Å². The van der Waals surface area contributed by atoms with E-state index in [1.54, 1.807) is 0 Å². The van der Waals surface area contributed by atoms with Crippen molar-refractivity contribution in [2.75, 3.05) is 17.8 Å². The summed E-state index contributed by atoms with van der Waals surface area (Å²) < 4.78 is 41.2. The smallest absolute Gasteiger partial charge is 0.338 e. The van der Waals surface area contributed by atoms with Crippen LogP contribution in [0, 0.1) is 5.82 Å². The fourth-order valence-electron chi connectivity index (χ4n) is 2.07. The molecule has 0 atom stereocenters. The normalized spacial score (nSPS) is 16.9. The summed E-state index contributed by atoms with van der Waals surface area (Å²) >= 11 is 0. The third-order valence-electron chi connectivity index (χ3n) is 3.10. The van der Waals surface area contributed by atoms with Gasteiger partial charge in [-0.25, -0.2) is 9.18 Å². The molecular weight excluding hydrogens is 287 g/mol. The Balaban J connectivity index is 2.17. The van der Waals surface area contributed by atoms with Gasteiger partial charge in [-0.3, -0.25) is 4.72 Å². The van der Waals surface area contributed by atoms with E-state index in [0.29, 0.717) is 13.1 Å². The highest BCUT2D eigenvalue weighted by molar-refractivity contribution is 7.90. The number of carboxylic acid groups (broad SMARTS) is 1. The molecule has 1 aliphatic rings. The standard InChI is InChI=1S/C12H15FN2O4S/c13-11-8-9(4-5-10(11)12(16)17)14-20(18,19)15-6-2-1-3-7-15/h4-5,8,14H,1-3,6-7H2,(H,16,17). The molecule has 0 aromatic heterocycles. The molecule has 0 saturated carbocycles. The molecule has 1 saturated heterocycles. The number of hydrogen-bond donors (Lipinski definition) is 2. The minimum Gasteiger partial charge on any atom is -0.478 e. The molecule has 0 unspecified atom stereocenters. The van der Waals surface area contributed by atoms with Gasteiger partial charge in [0.1, 0.15) is 5.82 Å². The van der Waals surface area contributed by atoms with E-state index < -0.39 is 27.6 Å². The molecule has 0 amide bonds. The van der Waals surface area contributed by atoms with Gasteiger partial charge in [-0.05, 0) is 31.0 Å². The van der Waals surface area contributed by atoms with Crippen LogP contribution in [0.5, 0.6) is 0 Å². The van der Waals surface area contributed by atoms with Crippen molar-refractivity contribution in [3.05, 3.63) is 29.6 Å². The Bertz CT molecular complexity index is 612. The van der Waals surface area contributed by atoms with E-state index in [1.165, 1.54) is 10.4 Å². The largest absolute Gasteiger partial charge is 0.478 e. The molecule has 0 spiro atoms. The van der Waals surface area contributed by atoms with Crippen molar-refractivity contribution < 1.29 is 22.7 Å². The summed E-state index contributed by atoms with van der Waals surface area (Å²) in [5.74, 6) is -2.37. The summed E-state index contributed by atoms with van der Waals surface area (Å²) in [6, 6.07) is 3.13. The lowest BCUT2D eigenvalue weighted by Crippen LogP contribution is -2.39. The lowest BCUT2D eigenvalue weighted by molar-refractivity contribution is 0.0692. The molecule has 6 nitrogen and oxygen atoms in total. The van der Waals surface area contributed by atoms with E-state index in [1.807, 2.05) is 0 Å². The Morgan fingerprint density at radius 2 is 1.90 bits per heavy atom. The molecule has 0 radical (unpaired) electrons. The Kier molecular flexibility index (Phi) is 4.24. The van der Waals surface area contributed by atoms with Crippen molar-refractivity contribution >= 4 is 21.9 Å². The summed E-state index contributed by atoms with van der Waals surface area (Å²) in [6.45, 7) is 0.871. The maximum Gasteiger partial charge on any atom is 0.338 e. The van der Waals surface area contributed by atoms with Crippen molar-refractivity contribution in [1.82, 2.24) is 4.31 Å². The maximum absolute atomic E-state index is 13.5. The molecule has 1 aliphatic heterocycles. The van der Waals surface area contributed by atoms with Crippen LogP contribution in [0.1, 0.15) is 29.6 Å². The van der Waals surface area contributed by atoms with Gasteiger partial charge >= 0.3 is 16.2 Å². The monoisotopic (exact) mass is 302 g/mol. The highest BCUT2D eigenvalue weighted by atomic mass is 32.2. The third-order valence-corrected chi connectivity index (χ3v) is 4.64. The SMILES string of the molecule is O=C(O)c1ccc(NS(=O)(=O)N2CCCCC2)cc1F. The second-order valence-corrected chi connectivity index (χ2v) is 6.24. The zero-order valence-electron chi connectivity index (χ0n) is 10.7. The highest BCUT2D eigenvalue weighted by Gasteiger charge is 2.24. The number of carbonyl (C=O) groups is 1. The first-order valence-electron chi connectivity index (χ1n) is 6.21. The highest BCUT2D eigenvalue weighted by Crippen LogP contribution is 2.19. The van der Waals surface area contributed by atoms with Gasteiger partial charge in [0, 0.05) is 13.1 Å². The fraction of sp³-hybridized carbons (Fsp3) is 0.417. The number of nitrogens with zero attached hydrogens (tertiary/aromatic N) is 1. The van der Waals surface area contributed by atoms with Crippen LogP contribution in [-0.4, -0.2) is 36.9 Å². The first-order chi connectivity index (χ1) is 9.40. The van der Waals surface area contributed by atoms with E-state index in [9.17, 15) is 17.6 Å². The van der Waals surface area contributed by atoms with Gasteiger partial charge in [-0.1, -0.05) is 6.42 Å². The molecule has 8 heteroatoms. The van der Waals surface area contributed by atoms with Crippen molar-refractivity contribution in [2.45, 2.75) is 19.3 Å². The van der Waals surface area contributed by atoms with E-state index in [4.69, 9.17) is 5.11 Å². The Morgan fingerprint density at radius 3 is 2.45 bits per heavy atom. The molecule has 0 bridgehead atoms. The van der Waals surface area contributed by atoms with Gasteiger partial charge < -0.3 is 5.11 Å². The first kappa shape index (κ1) is 14.7. The summed E-state index contributed by atoms with van der Waals surface area (Å²) in [5, 5.41) is 8.71. The predicted molar refractivity (Wildman–Crippen MR) is 71.3 cm³/mol. The van der Waals surface area contributed by atoms with Gasteiger partial charge in [-0.2, -0.15) is 12.7 Å². The van der Waals surface area contributed by atoms with E-state index in [-0.39, 0.29) is 5.69 Å². The minimum atomic E-state index is -3.72. The van der Waals surface area contributed by atoms with Crippen LogP contribution in [0.25, 0.3) is 0 Å². The number of nitrogens with one attached hydrogen (secondary N) is 1. The zero-order valence-corrected chi connectivity index (χ0v) is 11.5. The Hall–Kier alpha value is -1.67. The van der Waals surface area contributed by atoms with Crippen molar-refractivity contribution in [1.29, 1.82) is 0 Å². The summed E-state index contributed by atoms with van der Waals surface area (Å²) in [4.78, 5) is 10.7. The van der Waals surface area contributed by atoms with Crippen molar-refractivity contribution in [3.63, 3.8) is 0 Å². The lowest BCUT2D eigenvalue weighted by Gasteiger charge is -2.26. The summed E-state index contributed by atoms with van der Waals surface area (Å²) in [7, 11) is -3.72. The number of anilines is 1. The van der Waals surface area contributed by atoms with Gasteiger partial charge in [0.2, 0.25) is 0 Å². The number of benzene rings is 1. The van der Waals surface area contributed by atoms with Gasteiger partial charge in [-0.15, -0.1) is 0 Å². The number of carboxylic acids is 1. The molecule has 2 rings (SSSR count). The van der Waals surface area contributed by atoms with Crippen LogP contribution >= 0.6 is 0 Å². The van der Waals surface area contributed by atoms with Crippen molar-refractivity contribution in [3.8, 4) is 0 Å². The lowest BCUT2D eigenvalue weighted by atomic mass is 10.2. The van der Waals surface area contributed by atoms with E-state index >= 15 is 0 Å². The maximum atomic E-state index is 13.5. The molecule has 20 heavy (non-hydrogen) atoms. The zero-order chi connectivity index (χ0) is 14.8. The van der Waals surface area contributed by atoms with Crippen LogP contribution in [0.4, 0.5) is 10.1 Å². The molecule has 1 aromatic rings. The van der Waals surface area contributed by atoms with Gasteiger partial charge in [0.05, 0.1) is 11.3 Å². The number of piperidine rings is 1. The van der Waals surface area contributed by atoms with Crippen LogP contribution in [0.2, 0.25) is 0 Å². The second kappa shape index (κ2) is 5.76. The summed E-state index contributed by atoms with van der Waals surface area (Å²) in [5.41, 5.74) is -0.482. The average Bonchev–Trinajstić information content (AvgIpc) is 2.39. The molecule has 1 heterocycles. The molecule has 0 aliphatic carbocycles. The topological polar surface area (TPSA) is 86.7 Å². The number of halogens is 1. The molecule has 2 N–H and O–H groups in total. The van der Waals surface area contributed by atoms with Gasteiger partial charge in [0.15, 0.2) is 0 Å². The molecular formula is C12H15FN2O4S. The second-order valence-electron chi connectivity index (χ2n) is 4.57. The van der Waals surface area contributed by atoms with Crippen LogP contribution < -0.4 is 4.72 Å². The minimum absolute atomic E-state index is 0.0121. The van der Waals surface area contributed by atoms with Gasteiger partial charge in [0.25, 0.3) is 0 Å². The number of aromatic carboxylic acids is 1. The number of hydrogen-bond acceptors (Lipinski definition) is 3. The predicted octanol–water partition coefficient (Wildman–Crippen LogP) is 1.67. The van der Waals surface area contributed by atoms with Crippen molar-refractivity contribution in [2.24, 2.45) is 0 Å². The third kappa shape index (κ3) is 3.26. The Morgan fingerprint density at radius 1 is 1.25 bits per heavy atom. The first-order valence-corrected chi connectivity index (χ1v) is 7.65.